The first-order valence-electron chi connectivity index (χ1n) is 6.09. The summed E-state index contributed by atoms with van der Waals surface area (Å²) in [5, 5.41) is 12.9. The molecule has 0 bridgehead atoms. The molecule has 0 amide bonds. The molecule has 4 heteroatoms. The maximum absolute atomic E-state index is 8.64. The molecule has 0 saturated heterocycles. The van der Waals surface area contributed by atoms with E-state index in [0.717, 1.165) is 17.0 Å². The molecule has 0 atom stereocenters. The van der Waals surface area contributed by atoms with Gasteiger partial charge < -0.3 is 9.84 Å². The summed E-state index contributed by atoms with van der Waals surface area (Å²) in [7, 11) is 1.88. The molecule has 0 aliphatic heterocycles. The van der Waals surface area contributed by atoms with E-state index in [1.807, 2.05) is 43.6 Å². The Hall–Kier alpha value is -2.25. The lowest BCUT2D eigenvalue weighted by atomic mass is 10.2. The topological polar surface area (TPSA) is 47.3 Å². The Morgan fingerprint density at radius 3 is 2.68 bits per heavy atom. The van der Waals surface area contributed by atoms with Crippen molar-refractivity contribution in [2.75, 3.05) is 6.61 Å². The second-order valence-electron chi connectivity index (χ2n) is 4.07. The van der Waals surface area contributed by atoms with Crippen LogP contribution in [0.1, 0.15) is 17.7 Å². The summed E-state index contributed by atoms with van der Waals surface area (Å²) in [5.41, 5.74) is 1.81. The van der Waals surface area contributed by atoms with Gasteiger partial charge in [-0.15, -0.1) is 0 Å². The van der Waals surface area contributed by atoms with E-state index < -0.39 is 0 Å². The van der Waals surface area contributed by atoms with Gasteiger partial charge in [0.2, 0.25) is 0 Å². The molecule has 1 heterocycles. The van der Waals surface area contributed by atoms with Crippen LogP contribution in [0.3, 0.4) is 0 Å². The van der Waals surface area contributed by atoms with Gasteiger partial charge in [-0.05, 0) is 30.3 Å². The Bertz CT molecular complexity index is 576. The van der Waals surface area contributed by atoms with Crippen LogP contribution >= 0.6 is 0 Å². The van der Waals surface area contributed by atoms with E-state index in [4.69, 9.17) is 9.84 Å². The molecule has 0 aliphatic carbocycles. The van der Waals surface area contributed by atoms with Gasteiger partial charge in [-0.3, -0.25) is 4.68 Å². The largest absolute Gasteiger partial charge is 0.487 e. The summed E-state index contributed by atoms with van der Waals surface area (Å²) in [6.07, 6.45) is 2.39. The Balaban J connectivity index is 1.90. The van der Waals surface area contributed by atoms with E-state index in [1.54, 1.807) is 4.68 Å². The zero-order chi connectivity index (χ0) is 13.5. The average molecular weight is 256 g/mol. The minimum absolute atomic E-state index is 0.0955. The minimum atomic E-state index is 0.0955. The summed E-state index contributed by atoms with van der Waals surface area (Å²) in [6.45, 7) is 0.550. The molecule has 19 heavy (non-hydrogen) atoms. The second-order valence-corrected chi connectivity index (χ2v) is 4.07. The third-order valence-corrected chi connectivity index (χ3v) is 2.48. The Kier molecular flexibility index (Phi) is 4.60. The highest BCUT2D eigenvalue weighted by Gasteiger charge is 1.98. The van der Waals surface area contributed by atoms with Crippen LogP contribution in [0.4, 0.5) is 0 Å². The molecule has 1 N–H and O–H groups in total. The number of aromatic nitrogens is 2. The molecule has 1 aromatic carbocycles. The van der Waals surface area contributed by atoms with E-state index in [9.17, 15) is 0 Å². The Labute approximate surface area is 112 Å². The molecule has 1 aromatic heterocycles. The van der Waals surface area contributed by atoms with Crippen LogP contribution in [-0.4, -0.2) is 21.5 Å². The molecule has 0 fully saturated rings. The summed E-state index contributed by atoms with van der Waals surface area (Å²) in [6, 6.07) is 9.49. The van der Waals surface area contributed by atoms with Crippen LogP contribution in [0.2, 0.25) is 0 Å². The molecule has 0 unspecified atom stereocenters. The van der Waals surface area contributed by atoms with Gasteiger partial charge in [0.05, 0.1) is 12.3 Å². The van der Waals surface area contributed by atoms with Crippen LogP contribution in [0, 0.1) is 11.8 Å². The van der Waals surface area contributed by atoms with E-state index >= 15 is 0 Å². The Morgan fingerprint density at radius 2 is 2.05 bits per heavy atom. The standard InChI is InChI=1S/C15H16N2O2/c1-17-10-9-14(16-17)12-19-15-7-5-13(6-8-15)4-2-3-11-18/h5-10,18H,3,11-12H2,1H3. The van der Waals surface area contributed by atoms with E-state index in [0.29, 0.717) is 13.0 Å². The molecular weight excluding hydrogens is 240 g/mol. The average Bonchev–Trinajstić information content (AvgIpc) is 2.84. The second kappa shape index (κ2) is 6.62. The van der Waals surface area contributed by atoms with Crippen molar-refractivity contribution in [2.24, 2.45) is 7.05 Å². The number of nitrogens with zero attached hydrogens (tertiary/aromatic N) is 2. The van der Waals surface area contributed by atoms with Crippen LogP contribution < -0.4 is 4.74 Å². The first kappa shape index (κ1) is 13.2. The number of aliphatic hydroxyl groups excluding tert-OH is 1. The number of aliphatic hydroxyl groups is 1. The summed E-state index contributed by atoms with van der Waals surface area (Å²) >= 11 is 0. The van der Waals surface area contributed by atoms with E-state index in [-0.39, 0.29) is 6.61 Å². The van der Waals surface area contributed by atoms with Gasteiger partial charge in [-0.2, -0.15) is 5.10 Å². The minimum Gasteiger partial charge on any atom is -0.487 e. The van der Waals surface area contributed by atoms with Gasteiger partial charge in [0.25, 0.3) is 0 Å². The summed E-state index contributed by atoms with van der Waals surface area (Å²) in [4.78, 5) is 0. The quantitative estimate of drug-likeness (QED) is 0.847. The zero-order valence-electron chi connectivity index (χ0n) is 10.8. The maximum atomic E-state index is 8.64. The van der Waals surface area contributed by atoms with Crippen molar-refractivity contribution in [3.63, 3.8) is 0 Å². The fourth-order valence-electron chi connectivity index (χ4n) is 1.55. The smallest absolute Gasteiger partial charge is 0.132 e. The first-order chi connectivity index (χ1) is 9.28. The predicted molar refractivity (Wildman–Crippen MR) is 72.6 cm³/mol. The number of hydrogen-bond acceptors (Lipinski definition) is 3. The number of rotatable bonds is 4. The van der Waals surface area contributed by atoms with Crippen LogP contribution in [0.5, 0.6) is 5.75 Å². The third-order valence-electron chi connectivity index (χ3n) is 2.48. The van der Waals surface area contributed by atoms with Crippen molar-refractivity contribution in [3.05, 3.63) is 47.8 Å². The molecule has 2 aromatic rings. The van der Waals surface area contributed by atoms with Gasteiger partial charge in [0.1, 0.15) is 12.4 Å². The highest BCUT2D eigenvalue weighted by Crippen LogP contribution is 2.13. The van der Waals surface area contributed by atoms with Crippen molar-refractivity contribution >= 4 is 0 Å². The Morgan fingerprint density at radius 1 is 1.26 bits per heavy atom. The summed E-state index contributed by atoms with van der Waals surface area (Å²) < 4.78 is 7.37. The van der Waals surface area contributed by atoms with E-state index in [1.165, 1.54) is 0 Å². The molecule has 4 nitrogen and oxygen atoms in total. The van der Waals surface area contributed by atoms with Gasteiger partial charge in [0.15, 0.2) is 0 Å². The van der Waals surface area contributed by atoms with Crippen molar-refractivity contribution in [2.45, 2.75) is 13.0 Å². The maximum Gasteiger partial charge on any atom is 0.132 e. The lowest BCUT2D eigenvalue weighted by Crippen LogP contribution is -1.97. The fraction of sp³-hybridized carbons (Fsp3) is 0.267. The first-order valence-corrected chi connectivity index (χ1v) is 6.09. The fourth-order valence-corrected chi connectivity index (χ4v) is 1.55. The number of benzene rings is 1. The third kappa shape index (κ3) is 4.16. The number of hydrogen-bond donors (Lipinski definition) is 1. The van der Waals surface area contributed by atoms with Gasteiger partial charge in [0, 0.05) is 25.2 Å². The van der Waals surface area contributed by atoms with Gasteiger partial charge in [-0.1, -0.05) is 11.8 Å². The monoisotopic (exact) mass is 256 g/mol. The van der Waals surface area contributed by atoms with Crippen molar-refractivity contribution in [1.29, 1.82) is 0 Å². The molecule has 0 saturated carbocycles. The van der Waals surface area contributed by atoms with Crippen molar-refractivity contribution in [3.8, 4) is 17.6 Å². The normalized spacial score (nSPS) is 9.79. The van der Waals surface area contributed by atoms with Crippen LogP contribution in [-0.2, 0) is 13.7 Å². The highest BCUT2D eigenvalue weighted by molar-refractivity contribution is 5.38. The molecular formula is C15H16N2O2. The number of aryl methyl sites for hydroxylation is 1. The molecule has 98 valence electrons. The molecule has 0 aliphatic rings. The predicted octanol–water partition coefficient (Wildman–Crippen LogP) is 1.73. The summed E-state index contributed by atoms with van der Waals surface area (Å²) in [5.74, 6) is 6.64. The molecule has 0 spiro atoms. The lowest BCUT2D eigenvalue weighted by molar-refractivity contribution is 0.300. The number of ether oxygens (including phenoxy) is 1. The van der Waals surface area contributed by atoms with Gasteiger partial charge in [-0.25, -0.2) is 0 Å². The molecule has 2 rings (SSSR count). The van der Waals surface area contributed by atoms with Crippen LogP contribution in [0.15, 0.2) is 36.5 Å². The van der Waals surface area contributed by atoms with Crippen molar-refractivity contribution < 1.29 is 9.84 Å². The zero-order valence-corrected chi connectivity index (χ0v) is 10.8. The van der Waals surface area contributed by atoms with Crippen LogP contribution in [0.25, 0.3) is 0 Å². The highest BCUT2D eigenvalue weighted by atomic mass is 16.5. The van der Waals surface area contributed by atoms with E-state index in [2.05, 4.69) is 16.9 Å². The van der Waals surface area contributed by atoms with Gasteiger partial charge >= 0.3 is 0 Å². The molecule has 0 radical (unpaired) electrons. The SMILES string of the molecule is Cn1ccc(COc2ccc(C#CCCO)cc2)n1. The lowest BCUT2D eigenvalue weighted by Gasteiger charge is -2.03. The van der Waals surface area contributed by atoms with Crippen molar-refractivity contribution in [1.82, 2.24) is 9.78 Å².